The molecule has 9 heteroatoms. The molecule has 0 saturated carbocycles. The molecule has 1 saturated heterocycles. The lowest BCUT2D eigenvalue weighted by Crippen LogP contribution is -2.33. The first kappa shape index (κ1) is 21.0. The largest absolute Gasteiger partial charge is 0.474 e. The van der Waals surface area contributed by atoms with E-state index in [9.17, 15) is 8.42 Å². The molecule has 1 aliphatic heterocycles. The summed E-state index contributed by atoms with van der Waals surface area (Å²) in [6, 6.07) is 14.9. The topological polar surface area (TPSA) is 108 Å². The van der Waals surface area contributed by atoms with Crippen molar-refractivity contribution in [3.8, 4) is 11.9 Å². The number of hydrogen-bond donors (Lipinski definition) is 1. The third-order valence-corrected chi connectivity index (χ3v) is 6.51. The Balaban J connectivity index is 1.58. The Labute approximate surface area is 181 Å². The van der Waals surface area contributed by atoms with Gasteiger partial charge in [0.2, 0.25) is 5.82 Å². The van der Waals surface area contributed by atoms with Gasteiger partial charge in [0.1, 0.15) is 6.61 Å². The second-order valence-electron chi connectivity index (χ2n) is 7.36. The lowest BCUT2D eigenvalue weighted by atomic mass is 10.1. The molecular weight excluding hydrogens is 414 g/mol. The number of ether oxygens (including phenoxy) is 1. The number of para-hydroxylation sites is 2. The van der Waals surface area contributed by atoms with E-state index < -0.39 is 10.0 Å². The monoisotopic (exact) mass is 437 g/mol. The van der Waals surface area contributed by atoms with E-state index in [1.165, 1.54) is 43.5 Å². The minimum Gasteiger partial charge on any atom is -0.474 e. The van der Waals surface area contributed by atoms with Gasteiger partial charge in [-0.3, -0.25) is 9.62 Å². The molecule has 0 bridgehead atoms. The van der Waals surface area contributed by atoms with Gasteiger partial charge in [-0.25, -0.2) is 18.4 Å². The number of fused-ring (bicyclic) bond motifs is 1. The number of nitrogens with one attached hydrogen (secondary N) is 1. The summed E-state index contributed by atoms with van der Waals surface area (Å²) in [7, 11) is -3.93. The summed E-state index contributed by atoms with van der Waals surface area (Å²) < 4.78 is 34.1. The number of aromatic nitrogens is 2. The first-order valence-electron chi connectivity index (χ1n) is 10.2. The number of sulfonamides is 1. The van der Waals surface area contributed by atoms with Crippen molar-refractivity contribution >= 4 is 26.9 Å². The number of anilines is 1. The maximum atomic E-state index is 12.9. The number of likely N-dealkylation sites (tertiary alicyclic amines) is 1. The van der Waals surface area contributed by atoms with Crippen LogP contribution in [0.4, 0.5) is 5.82 Å². The Morgan fingerprint density at radius 2 is 1.68 bits per heavy atom. The Bertz CT molecular complexity index is 1200. The van der Waals surface area contributed by atoms with Gasteiger partial charge in [-0.15, -0.1) is 0 Å². The van der Waals surface area contributed by atoms with Crippen molar-refractivity contribution < 1.29 is 13.2 Å². The van der Waals surface area contributed by atoms with Crippen LogP contribution in [0.1, 0.15) is 24.8 Å². The molecule has 3 aromatic rings. The van der Waals surface area contributed by atoms with Crippen LogP contribution in [0.15, 0.2) is 53.4 Å². The summed E-state index contributed by atoms with van der Waals surface area (Å²) in [5, 5.41) is 8.93. The Morgan fingerprint density at radius 3 is 2.35 bits per heavy atom. The van der Waals surface area contributed by atoms with Crippen LogP contribution >= 0.6 is 0 Å². The molecule has 31 heavy (non-hydrogen) atoms. The first-order valence-corrected chi connectivity index (χ1v) is 11.7. The van der Waals surface area contributed by atoms with Crippen LogP contribution < -0.4 is 9.46 Å². The van der Waals surface area contributed by atoms with Gasteiger partial charge in [-0.1, -0.05) is 18.6 Å². The third-order valence-electron chi connectivity index (χ3n) is 5.16. The molecule has 0 spiro atoms. The summed E-state index contributed by atoms with van der Waals surface area (Å²) in [6.45, 7) is 3.23. The highest BCUT2D eigenvalue weighted by atomic mass is 32.2. The minimum atomic E-state index is -3.93. The second-order valence-corrected chi connectivity index (χ2v) is 9.04. The van der Waals surface area contributed by atoms with Crippen molar-refractivity contribution in [2.45, 2.75) is 24.2 Å². The molecule has 0 aliphatic carbocycles. The Kier molecular flexibility index (Phi) is 6.30. The normalized spacial score (nSPS) is 14.8. The third kappa shape index (κ3) is 5.10. The molecule has 1 aliphatic rings. The second kappa shape index (κ2) is 9.29. The average molecular weight is 438 g/mol. The smallest absolute Gasteiger partial charge is 0.263 e. The van der Waals surface area contributed by atoms with E-state index in [1.54, 1.807) is 12.1 Å². The lowest BCUT2D eigenvalue weighted by molar-refractivity contribution is 0.181. The van der Waals surface area contributed by atoms with Crippen LogP contribution in [0, 0.1) is 11.3 Å². The Hall–Kier alpha value is -3.22. The highest BCUT2D eigenvalue weighted by molar-refractivity contribution is 7.92. The van der Waals surface area contributed by atoms with Gasteiger partial charge in [-0.2, -0.15) is 5.26 Å². The predicted molar refractivity (Wildman–Crippen MR) is 117 cm³/mol. The van der Waals surface area contributed by atoms with E-state index in [-0.39, 0.29) is 16.6 Å². The summed E-state index contributed by atoms with van der Waals surface area (Å²) in [6.07, 6.45) is 3.63. The molecule has 0 radical (unpaired) electrons. The van der Waals surface area contributed by atoms with Crippen LogP contribution in [0.2, 0.25) is 0 Å². The van der Waals surface area contributed by atoms with Crippen molar-refractivity contribution in [3.63, 3.8) is 0 Å². The average Bonchev–Trinajstić information content (AvgIpc) is 2.80. The molecule has 1 aromatic heterocycles. The number of piperidine rings is 1. The Morgan fingerprint density at radius 1 is 1.00 bits per heavy atom. The summed E-state index contributed by atoms with van der Waals surface area (Å²) in [4.78, 5) is 11.3. The number of hydrogen-bond acceptors (Lipinski definition) is 7. The van der Waals surface area contributed by atoms with E-state index in [2.05, 4.69) is 19.6 Å². The van der Waals surface area contributed by atoms with Crippen LogP contribution in [-0.2, 0) is 10.0 Å². The van der Waals surface area contributed by atoms with Crippen molar-refractivity contribution in [1.29, 1.82) is 5.26 Å². The zero-order chi connectivity index (χ0) is 21.7. The quantitative estimate of drug-likeness (QED) is 0.605. The van der Waals surface area contributed by atoms with E-state index in [0.29, 0.717) is 23.2 Å². The number of nitriles is 1. The van der Waals surface area contributed by atoms with Gasteiger partial charge < -0.3 is 4.74 Å². The maximum absolute atomic E-state index is 12.9. The molecular formula is C22H23N5O3S. The molecule has 2 aromatic carbocycles. The van der Waals surface area contributed by atoms with Gasteiger partial charge in [0.15, 0.2) is 0 Å². The van der Waals surface area contributed by atoms with Crippen molar-refractivity contribution in [2.24, 2.45) is 0 Å². The first-order chi connectivity index (χ1) is 15.0. The molecule has 0 amide bonds. The highest BCUT2D eigenvalue weighted by Gasteiger charge is 2.20. The maximum Gasteiger partial charge on any atom is 0.263 e. The molecule has 0 unspecified atom stereocenters. The molecule has 1 N–H and O–H groups in total. The van der Waals surface area contributed by atoms with Crippen LogP contribution in [0.5, 0.6) is 5.88 Å². The summed E-state index contributed by atoms with van der Waals surface area (Å²) in [5.41, 5.74) is 1.56. The lowest BCUT2D eigenvalue weighted by Gasteiger charge is -2.26. The molecule has 2 heterocycles. The van der Waals surface area contributed by atoms with Crippen molar-refractivity contribution in [2.75, 3.05) is 31.0 Å². The zero-order valence-electron chi connectivity index (χ0n) is 17.0. The number of benzene rings is 2. The van der Waals surface area contributed by atoms with E-state index in [1.807, 2.05) is 18.2 Å². The fraction of sp³-hybridized carbons (Fsp3) is 0.318. The molecule has 1 fully saturated rings. The van der Waals surface area contributed by atoms with Crippen LogP contribution in [0.25, 0.3) is 11.0 Å². The molecule has 4 rings (SSSR count). The SMILES string of the molecule is N#Cc1ccc(S(=O)(=O)Nc2nc3ccccc3nc2OCCN2CCCCC2)cc1. The van der Waals surface area contributed by atoms with E-state index >= 15 is 0 Å². The van der Waals surface area contributed by atoms with Crippen molar-refractivity contribution in [3.05, 3.63) is 54.1 Å². The van der Waals surface area contributed by atoms with Crippen molar-refractivity contribution in [1.82, 2.24) is 14.9 Å². The zero-order valence-corrected chi connectivity index (χ0v) is 17.8. The molecule has 8 nitrogen and oxygen atoms in total. The minimum absolute atomic E-state index is 0.0284. The fourth-order valence-corrected chi connectivity index (χ4v) is 4.50. The van der Waals surface area contributed by atoms with Crippen LogP contribution in [-0.4, -0.2) is 49.5 Å². The number of rotatable bonds is 7. The van der Waals surface area contributed by atoms with Gasteiger partial charge in [0.05, 0.1) is 27.6 Å². The molecule has 0 atom stereocenters. The van der Waals surface area contributed by atoms with E-state index in [4.69, 9.17) is 10.00 Å². The highest BCUT2D eigenvalue weighted by Crippen LogP contribution is 2.26. The summed E-state index contributed by atoms with van der Waals surface area (Å²) in [5.74, 6) is 0.189. The van der Waals surface area contributed by atoms with Crippen LogP contribution in [0.3, 0.4) is 0 Å². The number of nitrogens with zero attached hydrogens (tertiary/aromatic N) is 4. The van der Waals surface area contributed by atoms with Gasteiger partial charge in [0.25, 0.3) is 15.9 Å². The summed E-state index contributed by atoms with van der Waals surface area (Å²) >= 11 is 0. The predicted octanol–water partition coefficient (Wildman–Crippen LogP) is 3.17. The molecule has 160 valence electrons. The van der Waals surface area contributed by atoms with Gasteiger partial charge in [0, 0.05) is 6.54 Å². The van der Waals surface area contributed by atoms with Gasteiger partial charge in [-0.05, 0) is 62.3 Å². The van der Waals surface area contributed by atoms with Gasteiger partial charge >= 0.3 is 0 Å². The fourth-order valence-electron chi connectivity index (χ4n) is 3.50. The standard InChI is InChI=1S/C22H23N5O3S/c23-16-17-8-10-18(11-9-17)31(28,29)26-21-22(25-20-7-3-2-6-19(20)24-21)30-15-14-27-12-4-1-5-13-27/h2-3,6-11H,1,4-5,12-15H2,(H,24,26). The van der Waals surface area contributed by atoms with E-state index in [0.717, 1.165) is 19.6 Å².